The number of thiophene rings is 1. The average molecular weight is 395 g/mol. The fraction of sp³-hybridized carbons (Fsp3) is 0.333. The van der Waals surface area contributed by atoms with E-state index in [2.05, 4.69) is 9.97 Å². The van der Waals surface area contributed by atoms with Gasteiger partial charge in [0.2, 0.25) is 0 Å². The molecule has 1 fully saturated rings. The number of hydrogen-bond donors (Lipinski definition) is 0. The molecule has 0 spiro atoms. The van der Waals surface area contributed by atoms with Crippen molar-refractivity contribution in [2.45, 2.75) is 18.8 Å². The molecule has 7 heteroatoms. The quantitative estimate of drug-likeness (QED) is 0.683. The molecule has 28 heavy (non-hydrogen) atoms. The molecule has 2 amide bonds. The van der Waals surface area contributed by atoms with E-state index in [9.17, 15) is 9.59 Å². The molecular formula is C21H22N4O2S. The summed E-state index contributed by atoms with van der Waals surface area (Å²) in [7, 11) is 3.53. The first-order valence-corrected chi connectivity index (χ1v) is 10.2. The van der Waals surface area contributed by atoms with E-state index in [0.29, 0.717) is 18.8 Å². The van der Waals surface area contributed by atoms with Gasteiger partial charge in [0.15, 0.2) is 0 Å². The Morgan fingerprint density at radius 1 is 1.14 bits per heavy atom. The molecule has 0 radical (unpaired) electrons. The van der Waals surface area contributed by atoms with Crippen LogP contribution in [0.5, 0.6) is 0 Å². The highest BCUT2D eigenvalue weighted by molar-refractivity contribution is 7.20. The molecule has 1 saturated heterocycles. The molecular weight excluding hydrogens is 372 g/mol. The highest BCUT2D eigenvalue weighted by Crippen LogP contribution is 2.39. The zero-order valence-corrected chi connectivity index (χ0v) is 16.8. The number of piperidine rings is 1. The molecule has 0 bridgehead atoms. The van der Waals surface area contributed by atoms with Gasteiger partial charge in [-0.3, -0.25) is 14.6 Å². The fourth-order valence-electron chi connectivity index (χ4n) is 3.77. The molecule has 0 aromatic carbocycles. The molecule has 1 aliphatic heterocycles. The van der Waals surface area contributed by atoms with Crippen LogP contribution in [0.1, 0.15) is 44.5 Å². The Kier molecular flexibility index (Phi) is 5.09. The van der Waals surface area contributed by atoms with Crippen molar-refractivity contribution in [3.8, 4) is 0 Å². The minimum atomic E-state index is -0.0524. The maximum Gasteiger partial charge on any atom is 0.272 e. The highest BCUT2D eigenvalue weighted by atomic mass is 32.1. The Balaban J connectivity index is 1.70. The number of carbonyl (C=O) groups is 2. The summed E-state index contributed by atoms with van der Waals surface area (Å²) >= 11 is 1.44. The van der Waals surface area contributed by atoms with Crippen molar-refractivity contribution in [1.82, 2.24) is 19.8 Å². The van der Waals surface area contributed by atoms with Gasteiger partial charge >= 0.3 is 0 Å². The SMILES string of the molecule is CN(C)C(=O)c1sc2ncccc2c1C1CCCN(C(=O)c2ccccn2)C1. The summed E-state index contributed by atoms with van der Waals surface area (Å²) in [6, 6.07) is 9.31. The standard InChI is InChI=1S/C21H22N4O2S/c1-24(2)21(27)18-17(15-8-5-11-23-19(15)28-18)14-7-6-12-25(13-14)20(26)16-9-3-4-10-22-16/h3-5,8-11,14H,6-7,12-13H2,1-2H3. The minimum absolute atomic E-state index is 0.00817. The van der Waals surface area contributed by atoms with Crippen molar-refractivity contribution in [1.29, 1.82) is 0 Å². The molecule has 0 saturated carbocycles. The number of rotatable bonds is 3. The Morgan fingerprint density at radius 2 is 1.96 bits per heavy atom. The van der Waals surface area contributed by atoms with Gasteiger partial charge in [0.05, 0.1) is 4.88 Å². The summed E-state index contributed by atoms with van der Waals surface area (Å²) in [5.41, 5.74) is 1.50. The zero-order valence-electron chi connectivity index (χ0n) is 16.0. The molecule has 0 N–H and O–H groups in total. The normalized spacial score (nSPS) is 16.9. The molecule has 1 atom stereocenters. The average Bonchev–Trinajstić information content (AvgIpc) is 3.12. The molecule has 6 nitrogen and oxygen atoms in total. The van der Waals surface area contributed by atoms with Gasteiger partial charge in [-0.05, 0) is 36.6 Å². The largest absolute Gasteiger partial charge is 0.344 e. The van der Waals surface area contributed by atoms with E-state index in [1.165, 1.54) is 11.3 Å². The first-order chi connectivity index (χ1) is 13.6. The second-order valence-electron chi connectivity index (χ2n) is 7.21. The lowest BCUT2D eigenvalue weighted by atomic mass is 9.88. The van der Waals surface area contributed by atoms with Gasteiger partial charge in [-0.2, -0.15) is 0 Å². The first kappa shape index (κ1) is 18.6. The van der Waals surface area contributed by atoms with Crippen molar-refractivity contribution < 1.29 is 9.59 Å². The van der Waals surface area contributed by atoms with Gasteiger partial charge in [-0.15, -0.1) is 11.3 Å². The van der Waals surface area contributed by atoms with Crippen molar-refractivity contribution in [3.63, 3.8) is 0 Å². The number of hydrogen-bond acceptors (Lipinski definition) is 5. The molecule has 3 aromatic heterocycles. The van der Waals surface area contributed by atoms with Crippen LogP contribution in [0.4, 0.5) is 0 Å². The van der Waals surface area contributed by atoms with Crippen molar-refractivity contribution in [2.24, 2.45) is 0 Å². The Hall–Kier alpha value is -2.80. The van der Waals surface area contributed by atoms with Crippen LogP contribution in [0.3, 0.4) is 0 Å². The molecule has 4 rings (SSSR count). The molecule has 1 aliphatic rings. The monoisotopic (exact) mass is 394 g/mol. The summed E-state index contributed by atoms with van der Waals surface area (Å²) in [6.45, 7) is 1.30. The van der Waals surface area contributed by atoms with Crippen molar-refractivity contribution in [3.05, 3.63) is 58.9 Å². The highest BCUT2D eigenvalue weighted by Gasteiger charge is 2.31. The van der Waals surface area contributed by atoms with Gasteiger partial charge in [-0.25, -0.2) is 4.98 Å². The molecule has 3 aromatic rings. The van der Waals surface area contributed by atoms with Gasteiger partial charge in [0, 0.05) is 50.9 Å². The maximum absolute atomic E-state index is 12.9. The van der Waals surface area contributed by atoms with Crippen molar-refractivity contribution >= 4 is 33.4 Å². The predicted octanol–water partition coefficient (Wildman–Crippen LogP) is 3.41. The van der Waals surface area contributed by atoms with E-state index in [0.717, 1.165) is 33.5 Å². The van der Waals surface area contributed by atoms with Gasteiger partial charge < -0.3 is 9.80 Å². The second kappa shape index (κ2) is 7.67. The summed E-state index contributed by atoms with van der Waals surface area (Å²) in [6.07, 6.45) is 5.24. The van der Waals surface area contributed by atoms with Crippen LogP contribution < -0.4 is 0 Å². The summed E-state index contributed by atoms with van der Waals surface area (Å²) < 4.78 is 0. The van der Waals surface area contributed by atoms with Crippen LogP contribution in [0.2, 0.25) is 0 Å². The molecule has 1 unspecified atom stereocenters. The number of amides is 2. The van der Waals surface area contributed by atoms with E-state index in [-0.39, 0.29) is 17.7 Å². The smallest absolute Gasteiger partial charge is 0.272 e. The molecule has 4 heterocycles. The number of nitrogens with zero attached hydrogens (tertiary/aromatic N) is 4. The van der Waals surface area contributed by atoms with E-state index in [1.807, 2.05) is 23.1 Å². The number of fused-ring (bicyclic) bond motifs is 1. The fourth-order valence-corrected chi connectivity index (χ4v) is 5.02. The summed E-state index contributed by atoms with van der Waals surface area (Å²) in [5, 5.41) is 1.02. The van der Waals surface area contributed by atoms with E-state index in [4.69, 9.17) is 0 Å². The van der Waals surface area contributed by atoms with Crippen LogP contribution in [-0.4, -0.2) is 58.8 Å². The lowest BCUT2D eigenvalue weighted by Crippen LogP contribution is -2.39. The van der Waals surface area contributed by atoms with Gasteiger partial charge in [0.25, 0.3) is 11.8 Å². The number of likely N-dealkylation sites (tertiary alicyclic amines) is 1. The minimum Gasteiger partial charge on any atom is -0.344 e. The third-order valence-electron chi connectivity index (χ3n) is 5.11. The number of carbonyl (C=O) groups excluding carboxylic acids is 2. The van der Waals surface area contributed by atoms with E-state index >= 15 is 0 Å². The zero-order chi connectivity index (χ0) is 19.7. The van der Waals surface area contributed by atoms with Crippen molar-refractivity contribution in [2.75, 3.05) is 27.2 Å². The lowest BCUT2D eigenvalue weighted by molar-refractivity contribution is 0.0701. The van der Waals surface area contributed by atoms with Gasteiger partial charge in [-0.1, -0.05) is 12.1 Å². The number of pyridine rings is 2. The summed E-state index contributed by atoms with van der Waals surface area (Å²) in [5.74, 6) is 0.0490. The third kappa shape index (κ3) is 3.38. The van der Waals surface area contributed by atoms with E-state index in [1.54, 1.807) is 43.5 Å². The topological polar surface area (TPSA) is 66.4 Å². The van der Waals surface area contributed by atoms with Crippen LogP contribution in [0.25, 0.3) is 10.2 Å². The second-order valence-corrected chi connectivity index (χ2v) is 8.20. The predicted molar refractivity (Wildman–Crippen MR) is 110 cm³/mol. The van der Waals surface area contributed by atoms with Crippen LogP contribution in [0.15, 0.2) is 42.7 Å². The Morgan fingerprint density at radius 3 is 2.71 bits per heavy atom. The van der Waals surface area contributed by atoms with Gasteiger partial charge in [0.1, 0.15) is 10.5 Å². The molecule has 144 valence electrons. The van der Waals surface area contributed by atoms with Crippen LogP contribution >= 0.6 is 11.3 Å². The third-order valence-corrected chi connectivity index (χ3v) is 6.22. The van der Waals surface area contributed by atoms with E-state index < -0.39 is 0 Å². The first-order valence-electron chi connectivity index (χ1n) is 9.35. The van der Waals surface area contributed by atoms with Crippen LogP contribution in [0, 0.1) is 0 Å². The Bertz CT molecular complexity index is 1020. The maximum atomic E-state index is 12.9. The molecule has 0 aliphatic carbocycles. The lowest BCUT2D eigenvalue weighted by Gasteiger charge is -2.33. The number of aromatic nitrogens is 2. The van der Waals surface area contributed by atoms with Crippen LogP contribution in [-0.2, 0) is 0 Å². The Labute approximate surface area is 167 Å². The summed E-state index contributed by atoms with van der Waals surface area (Å²) in [4.78, 5) is 39.4.